The summed E-state index contributed by atoms with van der Waals surface area (Å²) in [6, 6.07) is 6.09. The molecule has 0 aromatic heterocycles. The third-order valence-electron chi connectivity index (χ3n) is 5.34. The van der Waals surface area contributed by atoms with Crippen molar-refractivity contribution in [2.75, 3.05) is 6.61 Å². The quantitative estimate of drug-likeness (QED) is 0.634. The molecular formula is C19H22FN2O9P. The number of hydrogen-bond acceptors (Lipinski definition) is 9. The molecule has 6 atom stereocenters. The first-order valence-corrected chi connectivity index (χ1v) is 11.4. The number of aliphatic hydroxyl groups is 1. The summed E-state index contributed by atoms with van der Waals surface area (Å²) < 4.78 is 61.8. The molecule has 0 bridgehead atoms. The zero-order valence-electron chi connectivity index (χ0n) is 17.2. The van der Waals surface area contributed by atoms with E-state index in [1.54, 1.807) is 38.1 Å². The van der Waals surface area contributed by atoms with E-state index < -0.39 is 56.8 Å². The van der Waals surface area contributed by atoms with E-state index in [0.717, 1.165) is 4.90 Å². The van der Waals surface area contributed by atoms with Crippen molar-refractivity contribution in [2.24, 2.45) is 0 Å². The predicted molar refractivity (Wildman–Crippen MR) is 103 cm³/mol. The zero-order chi connectivity index (χ0) is 22.7. The van der Waals surface area contributed by atoms with E-state index in [2.05, 4.69) is 5.32 Å². The molecule has 2 fully saturated rings. The summed E-state index contributed by atoms with van der Waals surface area (Å²) in [7, 11) is -4.14. The number of benzene rings is 1. The van der Waals surface area contributed by atoms with Crippen LogP contribution in [0.3, 0.4) is 0 Å². The Morgan fingerprint density at radius 3 is 2.88 bits per heavy atom. The van der Waals surface area contributed by atoms with Crippen LogP contribution in [-0.2, 0) is 34.4 Å². The Kier molecular flexibility index (Phi) is 5.10. The van der Waals surface area contributed by atoms with Gasteiger partial charge in [-0.15, -0.1) is 0 Å². The number of aliphatic hydroxyl groups excluding tert-OH is 1. The first kappa shape index (κ1) is 21.8. The van der Waals surface area contributed by atoms with Gasteiger partial charge in [-0.25, -0.2) is 13.8 Å². The highest BCUT2D eigenvalue weighted by Gasteiger charge is 2.66. The van der Waals surface area contributed by atoms with Crippen LogP contribution in [0.25, 0.3) is 0 Å². The molecule has 174 valence electrons. The molecule has 2 amide bonds. The number of urea groups is 1. The number of ether oxygens (including phenoxy) is 3. The van der Waals surface area contributed by atoms with Crippen molar-refractivity contribution in [1.29, 1.82) is 0 Å². The van der Waals surface area contributed by atoms with Gasteiger partial charge in [-0.3, -0.25) is 13.9 Å². The molecule has 5 rings (SSSR count). The number of phosphoric acid groups is 1. The minimum Gasteiger partial charge on any atom is -0.404 e. The number of nitrogens with zero attached hydrogens (tertiary/aromatic N) is 1. The molecule has 1 aromatic carbocycles. The Balaban J connectivity index is 1.36. The lowest BCUT2D eigenvalue weighted by molar-refractivity contribution is -0.264. The smallest absolute Gasteiger partial charge is 0.404 e. The second kappa shape index (κ2) is 7.49. The summed E-state index contributed by atoms with van der Waals surface area (Å²) in [5, 5.41) is 11.8. The van der Waals surface area contributed by atoms with Crippen molar-refractivity contribution in [3.63, 3.8) is 0 Å². The van der Waals surface area contributed by atoms with Crippen LogP contribution in [0.15, 0.2) is 36.5 Å². The number of para-hydroxylation sites is 1. The maximum Gasteiger partial charge on any atom is 0.530 e. The third kappa shape index (κ3) is 3.81. The third-order valence-corrected chi connectivity index (χ3v) is 6.65. The van der Waals surface area contributed by atoms with Gasteiger partial charge in [0.05, 0.1) is 6.61 Å². The number of phosphoric ester groups is 1. The molecule has 32 heavy (non-hydrogen) atoms. The number of carbonyl (C=O) groups is 1. The molecule has 0 spiro atoms. The minimum absolute atomic E-state index is 0.0318. The van der Waals surface area contributed by atoms with E-state index in [-0.39, 0.29) is 6.61 Å². The van der Waals surface area contributed by atoms with Gasteiger partial charge in [0, 0.05) is 11.8 Å². The summed E-state index contributed by atoms with van der Waals surface area (Å²) in [4.78, 5) is 13.4. The lowest BCUT2D eigenvalue weighted by Gasteiger charge is -2.34. The number of amides is 2. The molecule has 0 radical (unpaired) electrons. The first-order chi connectivity index (χ1) is 15.1. The number of alkyl halides is 1. The van der Waals surface area contributed by atoms with Crippen LogP contribution in [0.4, 0.5) is 9.18 Å². The summed E-state index contributed by atoms with van der Waals surface area (Å²) in [5.41, 5.74) is 0.675. The van der Waals surface area contributed by atoms with Gasteiger partial charge in [0.1, 0.15) is 24.7 Å². The molecule has 13 heteroatoms. The fraction of sp³-hybridized carbons (Fsp3) is 0.526. The zero-order valence-corrected chi connectivity index (χ0v) is 18.1. The molecule has 4 aliphatic heterocycles. The Morgan fingerprint density at radius 1 is 1.31 bits per heavy atom. The topological polar surface area (TPSA) is 125 Å². The molecule has 1 aromatic rings. The second-order valence-corrected chi connectivity index (χ2v) is 9.74. The standard InChI is InChI=1S/C19H22FN2O9P/c1-18(2)28-14-15(29-18)19(20,30-16(14)22-8-7-13(23)21-17(22)24)10-27-32(25)26-9-11-5-3-4-6-12(11)31-32/h3-8,13-16,23H,9-10H2,1-2H3,(H,21,24)/t13?,14-,15+,16-,19-,32?/m1/s1. The van der Waals surface area contributed by atoms with Crippen LogP contribution in [0.2, 0.25) is 0 Å². The van der Waals surface area contributed by atoms with Crippen molar-refractivity contribution in [2.45, 2.75) is 56.8 Å². The molecule has 0 saturated carbocycles. The molecule has 2 unspecified atom stereocenters. The van der Waals surface area contributed by atoms with E-state index >= 15 is 4.39 Å². The fourth-order valence-corrected chi connectivity index (χ4v) is 5.16. The summed E-state index contributed by atoms with van der Waals surface area (Å²) in [6.07, 6.45) is -2.21. The Morgan fingerprint density at radius 2 is 2.09 bits per heavy atom. The maximum atomic E-state index is 16.0. The maximum absolute atomic E-state index is 16.0. The lowest BCUT2D eigenvalue weighted by atomic mass is 10.1. The fourth-order valence-electron chi connectivity index (χ4n) is 3.93. The van der Waals surface area contributed by atoms with E-state index in [9.17, 15) is 14.5 Å². The summed E-state index contributed by atoms with van der Waals surface area (Å²) >= 11 is 0. The second-order valence-electron chi connectivity index (χ2n) is 8.15. The summed E-state index contributed by atoms with van der Waals surface area (Å²) in [6.45, 7) is 2.28. The van der Waals surface area contributed by atoms with Gasteiger partial charge >= 0.3 is 13.9 Å². The number of rotatable bonds is 4. The Labute approximate surface area is 182 Å². The highest BCUT2D eigenvalue weighted by atomic mass is 31.2. The van der Waals surface area contributed by atoms with E-state index in [1.165, 1.54) is 12.3 Å². The van der Waals surface area contributed by atoms with Gasteiger partial charge in [0.25, 0.3) is 5.85 Å². The average molecular weight is 472 g/mol. The van der Waals surface area contributed by atoms with E-state index in [1.807, 2.05) is 0 Å². The molecule has 4 heterocycles. The highest BCUT2D eigenvalue weighted by molar-refractivity contribution is 7.49. The van der Waals surface area contributed by atoms with Crippen molar-refractivity contribution >= 4 is 13.9 Å². The van der Waals surface area contributed by atoms with Crippen molar-refractivity contribution in [3.05, 3.63) is 42.1 Å². The number of carbonyl (C=O) groups excluding carboxylic acids is 1. The minimum atomic E-state index is -4.14. The first-order valence-electron chi connectivity index (χ1n) is 9.92. The largest absolute Gasteiger partial charge is 0.530 e. The van der Waals surface area contributed by atoms with Gasteiger partial charge in [-0.2, -0.15) is 0 Å². The van der Waals surface area contributed by atoms with E-state index in [4.69, 9.17) is 27.8 Å². The molecule has 2 N–H and O–H groups in total. The normalized spacial score (nSPS) is 39.9. The molecule has 0 aliphatic carbocycles. The Bertz CT molecular complexity index is 1010. The van der Waals surface area contributed by atoms with Crippen LogP contribution in [0, 0.1) is 0 Å². The molecule has 4 aliphatic rings. The lowest BCUT2D eigenvalue weighted by Crippen LogP contribution is -2.53. The Hall–Kier alpha value is -2.05. The van der Waals surface area contributed by atoms with Crippen LogP contribution < -0.4 is 9.84 Å². The van der Waals surface area contributed by atoms with Gasteiger partial charge in [-0.05, 0) is 26.0 Å². The summed E-state index contributed by atoms with van der Waals surface area (Å²) in [5.74, 6) is -3.51. The average Bonchev–Trinajstić information content (AvgIpc) is 3.19. The van der Waals surface area contributed by atoms with Crippen LogP contribution in [0.1, 0.15) is 19.4 Å². The molecular weight excluding hydrogens is 450 g/mol. The number of halogens is 1. The van der Waals surface area contributed by atoms with Gasteiger partial charge in [0.2, 0.25) is 0 Å². The van der Waals surface area contributed by atoms with Crippen LogP contribution >= 0.6 is 7.82 Å². The van der Waals surface area contributed by atoms with Gasteiger partial charge < -0.3 is 29.2 Å². The number of hydrogen-bond donors (Lipinski definition) is 2. The number of fused-ring (bicyclic) bond motifs is 2. The van der Waals surface area contributed by atoms with Crippen molar-refractivity contribution in [1.82, 2.24) is 10.2 Å². The van der Waals surface area contributed by atoms with Gasteiger partial charge in [0.15, 0.2) is 18.1 Å². The van der Waals surface area contributed by atoms with Crippen molar-refractivity contribution in [3.8, 4) is 5.75 Å². The van der Waals surface area contributed by atoms with Crippen LogP contribution in [0.5, 0.6) is 5.75 Å². The van der Waals surface area contributed by atoms with Gasteiger partial charge in [-0.1, -0.05) is 18.2 Å². The van der Waals surface area contributed by atoms with E-state index in [0.29, 0.717) is 11.3 Å². The SMILES string of the molecule is CC1(C)O[C@H]2[C@H](N3C=CC(O)NC3=O)O[C@](F)(COP3(=O)OCc4ccccc4O3)[C@H]2O1. The van der Waals surface area contributed by atoms with Crippen LogP contribution in [-0.4, -0.2) is 59.0 Å². The molecule has 2 saturated heterocycles. The van der Waals surface area contributed by atoms with Crippen molar-refractivity contribution < 1.29 is 46.6 Å². The monoisotopic (exact) mass is 472 g/mol. The highest BCUT2D eigenvalue weighted by Crippen LogP contribution is 2.56. The number of nitrogens with one attached hydrogen (secondary N) is 1. The molecule has 11 nitrogen and oxygen atoms in total. The predicted octanol–water partition coefficient (Wildman–Crippen LogP) is 2.12.